The van der Waals surface area contributed by atoms with E-state index >= 15 is 0 Å². The third kappa shape index (κ3) is 4.66. The van der Waals surface area contributed by atoms with E-state index in [-0.39, 0.29) is 23.7 Å². The number of carbonyl (C=O) groups excluding carboxylic acids is 3. The van der Waals surface area contributed by atoms with Crippen LogP contribution in [0, 0.1) is 16.0 Å². The van der Waals surface area contributed by atoms with Gasteiger partial charge in [-0.2, -0.15) is 0 Å². The van der Waals surface area contributed by atoms with Gasteiger partial charge in [-0.05, 0) is 48.0 Å². The number of hydrogen-bond donors (Lipinski definition) is 2. The van der Waals surface area contributed by atoms with Gasteiger partial charge in [0, 0.05) is 41.0 Å². The number of hydrogen-bond acceptors (Lipinski definition) is 10. The summed E-state index contributed by atoms with van der Waals surface area (Å²) in [5.74, 6) is -2.99. The number of thiazole rings is 1. The number of aromatic hydroxyl groups is 1. The van der Waals surface area contributed by atoms with Crippen molar-refractivity contribution in [1.29, 1.82) is 0 Å². The minimum atomic E-state index is -0.907. The first-order chi connectivity index (χ1) is 19.7. The average molecular weight is 590 g/mol. The molecule has 4 aromatic rings. The van der Waals surface area contributed by atoms with Gasteiger partial charge in [0.15, 0.2) is 0 Å². The number of nitro benzene ring substituents is 1. The van der Waals surface area contributed by atoms with Gasteiger partial charge in [-0.25, -0.2) is 4.90 Å². The first-order valence-corrected chi connectivity index (χ1v) is 13.9. The van der Waals surface area contributed by atoms with Crippen LogP contribution in [0.15, 0.2) is 82.9 Å². The molecule has 2 aliphatic rings. The van der Waals surface area contributed by atoms with Gasteiger partial charge in [0.1, 0.15) is 17.5 Å². The zero-order valence-corrected chi connectivity index (χ0v) is 22.5. The van der Waals surface area contributed by atoms with E-state index in [1.54, 1.807) is 24.5 Å². The lowest BCUT2D eigenvalue weighted by atomic mass is 9.84. The Kier molecular flexibility index (Phi) is 6.63. The Morgan fingerprint density at radius 2 is 1.78 bits per heavy atom. The topological polar surface area (TPSA) is 165 Å². The van der Waals surface area contributed by atoms with Gasteiger partial charge in [0.05, 0.1) is 21.6 Å². The standard InChI is InChI=1S/C27H19N5O7S2/c33-18-9-3-15(4-10-18)29-19(34)13-30-26-23(41-27(30)37)20(14-2-1-11-28-12-14)21-22(40-26)25(36)31(24(21)35)16-5-7-17(8-6-16)32(38)39/h1-12,20-22,33H,13H2,(H,29,34). The minimum absolute atomic E-state index is 0.0390. The van der Waals surface area contributed by atoms with Crippen molar-refractivity contribution in [2.75, 3.05) is 10.2 Å². The molecule has 206 valence electrons. The molecule has 0 saturated carbocycles. The smallest absolute Gasteiger partial charge is 0.308 e. The summed E-state index contributed by atoms with van der Waals surface area (Å²) in [7, 11) is 0. The molecule has 2 aromatic carbocycles. The number of pyridine rings is 1. The highest BCUT2D eigenvalue weighted by Crippen LogP contribution is 2.53. The third-order valence-corrected chi connectivity index (χ3v) is 9.47. The SMILES string of the molecule is O=C(Cn1c2c(sc1=O)C(c1cccnc1)C1C(=O)N(c3ccc([N+](=O)[O-])cc3)C(=O)C1S2)Nc1ccc(O)cc1. The molecule has 2 aliphatic heterocycles. The van der Waals surface area contributed by atoms with Gasteiger partial charge in [-0.15, -0.1) is 0 Å². The summed E-state index contributed by atoms with van der Waals surface area (Å²) in [5.41, 5.74) is 1.10. The largest absolute Gasteiger partial charge is 0.508 e. The van der Waals surface area contributed by atoms with Crippen molar-refractivity contribution in [2.24, 2.45) is 5.92 Å². The fraction of sp³-hybridized carbons (Fsp3) is 0.148. The van der Waals surface area contributed by atoms with Crippen LogP contribution < -0.4 is 15.1 Å². The lowest BCUT2D eigenvalue weighted by Crippen LogP contribution is -2.33. The molecule has 14 heteroatoms. The maximum absolute atomic E-state index is 13.8. The van der Waals surface area contributed by atoms with Gasteiger partial charge in [0.25, 0.3) is 5.69 Å². The number of rotatable bonds is 6. The maximum atomic E-state index is 13.8. The summed E-state index contributed by atoms with van der Waals surface area (Å²) >= 11 is 1.97. The number of amides is 3. The molecule has 6 rings (SSSR count). The molecule has 0 bridgehead atoms. The van der Waals surface area contributed by atoms with Crippen molar-refractivity contribution in [3.05, 3.63) is 103 Å². The van der Waals surface area contributed by atoms with Gasteiger partial charge < -0.3 is 10.4 Å². The van der Waals surface area contributed by atoms with Gasteiger partial charge in [-0.1, -0.05) is 29.2 Å². The molecule has 0 radical (unpaired) electrons. The van der Waals surface area contributed by atoms with E-state index in [1.165, 1.54) is 53.1 Å². The van der Waals surface area contributed by atoms with Crippen molar-refractivity contribution >= 4 is 57.9 Å². The fourth-order valence-corrected chi connectivity index (χ4v) is 7.81. The Hall–Kier alpha value is -4.82. The Morgan fingerprint density at radius 3 is 2.44 bits per heavy atom. The number of phenols is 1. The van der Waals surface area contributed by atoms with Crippen molar-refractivity contribution in [3.8, 4) is 5.75 Å². The van der Waals surface area contributed by atoms with Gasteiger partial charge in [-0.3, -0.25) is 38.8 Å². The minimum Gasteiger partial charge on any atom is -0.508 e. The highest BCUT2D eigenvalue weighted by Gasteiger charge is 2.57. The number of anilines is 2. The molecule has 2 aromatic heterocycles. The van der Waals surface area contributed by atoms with Crippen LogP contribution in [-0.2, 0) is 20.9 Å². The first-order valence-electron chi connectivity index (χ1n) is 12.2. The second kappa shape index (κ2) is 10.3. The van der Waals surface area contributed by atoms with E-state index in [4.69, 9.17) is 0 Å². The molecular formula is C27H19N5O7S2. The second-order valence-electron chi connectivity index (χ2n) is 9.33. The number of phenolic OH excluding ortho intramolecular Hbond substituents is 1. The second-order valence-corrected chi connectivity index (χ2v) is 11.5. The predicted molar refractivity (Wildman–Crippen MR) is 150 cm³/mol. The average Bonchev–Trinajstić information content (AvgIpc) is 3.40. The Balaban J connectivity index is 1.38. The zero-order chi connectivity index (χ0) is 28.8. The number of aromatic nitrogens is 2. The molecule has 0 spiro atoms. The monoisotopic (exact) mass is 589 g/mol. The lowest BCUT2D eigenvalue weighted by Gasteiger charge is -2.30. The van der Waals surface area contributed by atoms with Crippen LogP contribution in [0.1, 0.15) is 16.4 Å². The summed E-state index contributed by atoms with van der Waals surface area (Å²) in [4.78, 5) is 69.5. The number of carbonyl (C=O) groups is 3. The summed E-state index contributed by atoms with van der Waals surface area (Å²) in [6, 6.07) is 14.5. The Morgan fingerprint density at radius 1 is 1.05 bits per heavy atom. The van der Waals surface area contributed by atoms with Crippen LogP contribution >= 0.6 is 23.1 Å². The van der Waals surface area contributed by atoms with Crippen LogP contribution in [0.5, 0.6) is 5.75 Å². The Bertz CT molecular complexity index is 1750. The van der Waals surface area contributed by atoms with E-state index < -0.39 is 44.6 Å². The van der Waals surface area contributed by atoms with Crippen LogP contribution in [-0.4, -0.2) is 42.6 Å². The van der Waals surface area contributed by atoms with Crippen LogP contribution in [0.2, 0.25) is 0 Å². The summed E-state index contributed by atoms with van der Waals surface area (Å²) in [6.45, 7) is -0.329. The molecule has 1 fully saturated rings. The molecule has 0 aliphatic carbocycles. The predicted octanol–water partition coefficient (Wildman–Crippen LogP) is 3.35. The molecular weight excluding hydrogens is 570 g/mol. The zero-order valence-electron chi connectivity index (χ0n) is 20.9. The van der Waals surface area contributed by atoms with E-state index in [9.17, 15) is 34.4 Å². The highest BCUT2D eigenvalue weighted by molar-refractivity contribution is 8.00. The number of fused-ring (bicyclic) bond motifs is 2. The molecule has 3 atom stereocenters. The van der Waals surface area contributed by atoms with Crippen LogP contribution in [0.25, 0.3) is 0 Å². The van der Waals surface area contributed by atoms with Gasteiger partial charge >= 0.3 is 4.87 Å². The number of benzene rings is 2. The molecule has 41 heavy (non-hydrogen) atoms. The normalized spacial score (nSPS) is 19.5. The van der Waals surface area contributed by atoms with Crippen molar-refractivity contribution < 1.29 is 24.4 Å². The summed E-state index contributed by atoms with van der Waals surface area (Å²) in [6.07, 6.45) is 3.16. The van der Waals surface area contributed by atoms with Gasteiger partial charge in [0.2, 0.25) is 17.7 Å². The van der Waals surface area contributed by atoms with Crippen LogP contribution in [0.3, 0.4) is 0 Å². The molecule has 3 amide bonds. The number of nitrogens with one attached hydrogen (secondary N) is 1. The number of nitro groups is 1. The summed E-state index contributed by atoms with van der Waals surface area (Å²) in [5, 5.41) is 22.8. The van der Waals surface area contributed by atoms with E-state index in [0.717, 1.165) is 28.0 Å². The van der Waals surface area contributed by atoms with Crippen LogP contribution in [0.4, 0.5) is 17.1 Å². The molecule has 12 nitrogen and oxygen atoms in total. The van der Waals surface area contributed by atoms with E-state index in [0.29, 0.717) is 21.2 Å². The quantitative estimate of drug-likeness (QED) is 0.148. The maximum Gasteiger partial charge on any atom is 0.308 e. The third-order valence-electron chi connectivity index (χ3n) is 6.86. The van der Waals surface area contributed by atoms with Crippen molar-refractivity contribution in [3.63, 3.8) is 0 Å². The van der Waals surface area contributed by atoms with Crippen molar-refractivity contribution in [1.82, 2.24) is 9.55 Å². The van der Waals surface area contributed by atoms with E-state index in [1.807, 2.05) is 0 Å². The molecule has 4 heterocycles. The number of nitrogens with zero attached hydrogens (tertiary/aromatic N) is 4. The van der Waals surface area contributed by atoms with Crippen molar-refractivity contribution in [2.45, 2.75) is 22.7 Å². The highest BCUT2D eigenvalue weighted by atomic mass is 32.2. The lowest BCUT2D eigenvalue weighted by molar-refractivity contribution is -0.384. The number of thioether (sulfide) groups is 1. The number of non-ortho nitro benzene ring substituents is 1. The molecule has 2 N–H and O–H groups in total. The Labute approximate surface area is 239 Å². The summed E-state index contributed by atoms with van der Waals surface area (Å²) < 4.78 is 1.30. The first kappa shape index (κ1) is 26.4. The fourth-order valence-electron chi connectivity index (χ4n) is 5.04. The molecule has 1 saturated heterocycles. The molecule has 3 unspecified atom stereocenters. The number of imide groups is 1. The van der Waals surface area contributed by atoms with E-state index in [2.05, 4.69) is 10.3 Å².